The number of hydrogen-bond donors (Lipinski definition) is 1. The van der Waals surface area contributed by atoms with Crippen molar-refractivity contribution in [2.75, 3.05) is 13.1 Å². The first-order valence-electron chi connectivity index (χ1n) is 7.89. The summed E-state index contributed by atoms with van der Waals surface area (Å²) in [4.78, 5) is 18.2. The van der Waals surface area contributed by atoms with Gasteiger partial charge in [-0.15, -0.1) is 11.3 Å². The number of amides is 1. The smallest absolute Gasteiger partial charge is 0.246 e. The highest BCUT2D eigenvalue weighted by molar-refractivity contribution is 7.09. The van der Waals surface area contributed by atoms with Crippen LogP contribution in [0.2, 0.25) is 0 Å². The SMILES string of the molecule is Cc1nc(COc2ccccc2C=CC(=O)N2CC[C@@H](O)C2)cs1. The molecule has 0 unspecified atom stereocenters. The summed E-state index contributed by atoms with van der Waals surface area (Å²) < 4.78 is 5.84. The van der Waals surface area contributed by atoms with E-state index in [0.717, 1.165) is 16.3 Å². The van der Waals surface area contributed by atoms with Gasteiger partial charge >= 0.3 is 0 Å². The molecule has 1 fully saturated rings. The van der Waals surface area contributed by atoms with Gasteiger partial charge in [-0.25, -0.2) is 4.98 Å². The van der Waals surface area contributed by atoms with Crippen LogP contribution in [0.15, 0.2) is 35.7 Å². The molecule has 1 aliphatic rings. The zero-order valence-electron chi connectivity index (χ0n) is 13.5. The molecule has 1 aromatic heterocycles. The maximum absolute atomic E-state index is 12.1. The molecule has 1 aromatic carbocycles. The average Bonchev–Trinajstić information content (AvgIpc) is 3.20. The predicted molar refractivity (Wildman–Crippen MR) is 93.9 cm³/mol. The summed E-state index contributed by atoms with van der Waals surface area (Å²) in [5.74, 6) is 0.630. The van der Waals surface area contributed by atoms with Crippen LogP contribution in [0.1, 0.15) is 22.7 Å². The number of aliphatic hydroxyl groups excluding tert-OH is 1. The van der Waals surface area contributed by atoms with Gasteiger partial charge in [0.05, 0.1) is 16.8 Å². The second kappa shape index (κ2) is 7.59. The highest BCUT2D eigenvalue weighted by atomic mass is 32.1. The number of aliphatic hydroxyl groups is 1. The van der Waals surface area contributed by atoms with Gasteiger partial charge in [0.2, 0.25) is 5.91 Å². The van der Waals surface area contributed by atoms with E-state index < -0.39 is 6.10 Å². The monoisotopic (exact) mass is 344 g/mol. The molecule has 3 rings (SSSR count). The van der Waals surface area contributed by atoms with E-state index in [0.29, 0.717) is 31.9 Å². The van der Waals surface area contributed by atoms with Crippen molar-refractivity contribution >= 4 is 23.3 Å². The molecule has 0 aliphatic carbocycles. The number of hydrogen-bond acceptors (Lipinski definition) is 5. The van der Waals surface area contributed by atoms with Crippen LogP contribution in [0.4, 0.5) is 0 Å². The third kappa shape index (κ3) is 4.21. The van der Waals surface area contributed by atoms with Gasteiger partial charge in [0.25, 0.3) is 0 Å². The molecule has 126 valence electrons. The van der Waals surface area contributed by atoms with Crippen LogP contribution in [0.25, 0.3) is 6.08 Å². The number of aryl methyl sites for hydroxylation is 1. The highest BCUT2D eigenvalue weighted by Crippen LogP contribution is 2.21. The molecule has 2 aromatic rings. The minimum Gasteiger partial charge on any atom is -0.487 e. The van der Waals surface area contributed by atoms with Gasteiger partial charge in [-0.3, -0.25) is 4.79 Å². The molecule has 1 atom stereocenters. The molecule has 1 N–H and O–H groups in total. The summed E-state index contributed by atoms with van der Waals surface area (Å²) in [6.07, 6.45) is 3.54. The summed E-state index contributed by atoms with van der Waals surface area (Å²) in [6, 6.07) is 7.59. The van der Waals surface area contributed by atoms with E-state index in [1.165, 1.54) is 6.08 Å². The standard InChI is InChI=1S/C18H20N2O3S/c1-13-19-15(12-24-13)11-23-17-5-3-2-4-14(17)6-7-18(22)20-9-8-16(21)10-20/h2-7,12,16,21H,8-11H2,1H3/t16-/m1/s1. The molecule has 2 heterocycles. The Kier molecular flexibility index (Phi) is 5.27. The second-order valence-corrected chi connectivity index (χ2v) is 6.81. The number of rotatable bonds is 5. The first-order chi connectivity index (χ1) is 11.6. The Bertz CT molecular complexity index is 741. The number of β-amino-alcohol motifs (C(OH)–C–C–N with tert-alkyl or cyclic N) is 1. The van der Waals surface area contributed by atoms with Crippen molar-refractivity contribution in [2.45, 2.75) is 26.1 Å². The summed E-state index contributed by atoms with van der Waals surface area (Å²) in [6.45, 7) is 3.38. The van der Waals surface area contributed by atoms with E-state index in [1.54, 1.807) is 22.3 Å². The van der Waals surface area contributed by atoms with Crippen LogP contribution in [0.5, 0.6) is 5.75 Å². The maximum atomic E-state index is 12.1. The largest absolute Gasteiger partial charge is 0.487 e. The van der Waals surface area contributed by atoms with Gasteiger partial charge in [-0.2, -0.15) is 0 Å². The van der Waals surface area contributed by atoms with Crippen molar-refractivity contribution in [3.8, 4) is 5.75 Å². The summed E-state index contributed by atoms with van der Waals surface area (Å²) in [7, 11) is 0. The van der Waals surface area contributed by atoms with Gasteiger partial charge in [-0.05, 0) is 25.5 Å². The van der Waals surface area contributed by atoms with Crippen LogP contribution in [0, 0.1) is 6.92 Å². The van der Waals surface area contributed by atoms with Crippen molar-refractivity contribution in [1.82, 2.24) is 9.88 Å². The van der Waals surface area contributed by atoms with Gasteiger partial charge in [0.1, 0.15) is 12.4 Å². The molecule has 0 saturated carbocycles. The predicted octanol–water partition coefficient (Wildman–Crippen LogP) is 2.64. The first kappa shape index (κ1) is 16.7. The molecule has 5 nitrogen and oxygen atoms in total. The van der Waals surface area contributed by atoms with Gasteiger partial charge in [-0.1, -0.05) is 18.2 Å². The fourth-order valence-electron chi connectivity index (χ4n) is 2.58. The fourth-order valence-corrected chi connectivity index (χ4v) is 3.18. The Hall–Kier alpha value is -2.18. The number of aromatic nitrogens is 1. The zero-order chi connectivity index (χ0) is 16.9. The second-order valence-electron chi connectivity index (χ2n) is 5.74. The van der Waals surface area contributed by atoms with E-state index in [4.69, 9.17) is 4.74 Å². The molecule has 1 saturated heterocycles. The number of nitrogens with zero attached hydrogens (tertiary/aromatic N) is 2. The van der Waals surface area contributed by atoms with Crippen LogP contribution in [0.3, 0.4) is 0 Å². The zero-order valence-corrected chi connectivity index (χ0v) is 14.3. The molecule has 1 aliphatic heterocycles. The lowest BCUT2D eigenvalue weighted by atomic mass is 10.2. The van der Waals surface area contributed by atoms with Crippen molar-refractivity contribution in [3.05, 3.63) is 52.0 Å². The molecular formula is C18H20N2O3S. The summed E-state index contributed by atoms with van der Waals surface area (Å²) in [5, 5.41) is 12.5. The number of benzene rings is 1. The molecule has 6 heteroatoms. The van der Waals surface area contributed by atoms with Gasteiger partial charge < -0.3 is 14.7 Å². The number of para-hydroxylation sites is 1. The minimum absolute atomic E-state index is 0.0866. The molecule has 24 heavy (non-hydrogen) atoms. The van der Waals surface area contributed by atoms with E-state index in [9.17, 15) is 9.90 Å². The van der Waals surface area contributed by atoms with Crippen molar-refractivity contribution in [1.29, 1.82) is 0 Å². The normalized spacial score (nSPS) is 17.6. The Morgan fingerprint density at radius 1 is 1.50 bits per heavy atom. The van der Waals surface area contributed by atoms with Crippen molar-refractivity contribution in [2.24, 2.45) is 0 Å². The fraction of sp³-hybridized carbons (Fsp3) is 0.333. The Balaban J connectivity index is 1.65. The number of carbonyl (C=O) groups is 1. The van der Waals surface area contributed by atoms with E-state index in [1.807, 2.05) is 36.6 Å². The Morgan fingerprint density at radius 3 is 3.04 bits per heavy atom. The van der Waals surface area contributed by atoms with E-state index in [2.05, 4.69) is 4.98 Å². The molecule has 0 bridgehead atoms. The quantitative estimate of drug-likeness (QED) is 0.847. The van der Waals surface area contributed by atoms with Crippen molar-refractivity contribution in [3.63, 3.8) is 0 Å². The third-order valence-corrected chi connectivity index (χ3v) is 4.66. The van der Waals surface area contributed by atoms with Crippen LogP contribution < -0.4 is 4.74 Å². The van der Waals surface area contributed by atoms with Crippen LogP contribution in [-0.4, -0.2) is 40.1 Å². The van der Waals surface area contributed by atoms with E-state index in [-0.39, 0.29) is 5.91 Å². The maximum Gasteiger partial charge on any atom is 0.246 e. The number of carbonyl (C=O) groups excluding carboxylic acids is 1. The Morgan fingerprint density at radius 2 is 2.33 bits per heavy atom. The topological polar surface area (TPSA) is 62.7 Å². The third-order valence-electron chi connectivity index (χ3n) is 3.84. The lowest BCUT2D eigenvalue weighted by molar-refractivity contribution is -0.125. The van der Waals surface area contributed by atoms with Gasteiger partial charge in [0, 0.05) is 30.1 Å². The Labute approximate surface area is 145 Å². The number of ether oxygens (including phenoxy) is 1. The van der Waals surface area contributed by atoms with E-state index >= 15 is 0 Å². The summed E-state index contributed by atoms with van der Waals surface area (Å²) >= 11 is 1.60. The highest BCUT2D eigenvalue weighted by Gasteiger charge is 2.22. The molecule has 1 amide bonds. The van der Waals surface area contributed by atoms with Gasteiger partial charge in [0.15, 0.2) is 0 Å². The summed E-state index contributed by atoms with van der Waals surface area (Å²) in [5.41, 5.74) is 1.75. The average molecular weight is 344 g/mol. The lowest BCUT2D eigenvalue weighted by Crippen LogP contribution is -2.27. The molecule has 0 radical (unpaired) electrons. The van der Waals surface area contributed by atoms with Crippen LogP contribution in [-0.2, 0) is 11.4 Å². The van der Waals surface area contributed by atoms with Crippen LogP contribution >= 0.6 is 11.3 Å². The minimum atomic E-state index is -0.403. The molecule has 0 spiro atoms. The molecular weight excluding hydrogens is 324 g/mol. The number of thiazole rings is 1. The van der Waals surface area contributed by atoms with Crippen molar-refractivity contribution < 1.29 is 14.6 Å². The lowest BCUT2D eigenvalue weighted by Gasteiger charge is -2.12. The first-order valence-corrected chi connectivity index (χ1v) is 8.77. The number of likely N-dealkylation sites (tertiary alicyclic amines) is 1.